The second-order valence-electron chi connectivity index (χ2n) is 2.57. The molecule has 5 nitrogen and oxygen atoms in total. The van der Waals surface area contributed by atoms with Gasteiger partial charge in [-0.2, -0.15) is 4.39 Å². The Balaban J connectivity index is 3.47. The van der Waals surface area contributed by atoms with Gasteiger partial charge >= 0.3 is 11.7 Å². The minimum atomic E-state index is -1.52. The molecule has 1 aromatic rings. The molecular formula is C8H6FNO4S. The molecule has 0 aliphatic rings. The van der Waals surface area contributed by atoms with E-state index in [0.29, 0.717) is 4.90 Å². The van der Waals surface area contributed by atoms with Gasteiger partial charge in [-0.15, -0.1) is 11.8 Å². The number of carboxylic acid groups (broad SMARTS) is 1. The number of nitrogens with zero attached hydrogens (tertiary/aromatic N) is 1. The lowest BCUT2D eigenvalue weighted by Gasteiger charge is -2.02. The Kier molecular flexibility index (Phi) is 3.25. The van der Waals surface area contributed by atoms with Crippen molar-refractivity contribution >= 4 is 23.4 Å². The summed E-state index contributed by atoms with van der Waals surface area (Å²) in [6.07, 6.45) is 1.61. The zero-order valence-electron chi connectivity index (χ0n) is 7.56. The molecule has 0 aromatic heterocycles. The summed E-state index contributed by atoms with van der Waals surface area (Å²) in [5.41, 5.74) is -1.51. The van der Waals surface area contributed by atoms with E-state index in [1.165, 1.54) is 0 Å². The average Bonchev–Trinajstić information content (AvgIpc) is 2.17. The highest BCUT2D eigenvalue weighted by Crippen LogP contribution is 2.27. The third kappa shape index (κ3) is 2.24. The maximum atomic E-state index is 13.3. The fraction of sp³-hybridized carbons (Fsp3) is 0.125. The molecule has 1 aromatic carbocycles. The van der Waals surface area contributed by atoms with Gasteiger partial charge in [-0.25, -0.2) is 4.79 Å². The van der Waals surface area contributed by atoms with Crippen molar-refractivity contribution in [3.05, 3.63) is 33.6 Å². The van der Waals surface area contributed by atoms with E-state index >= 15 is 0 Å². The van der Waals surface area contributed by atoms with Crippen LogP contribution in [-0.2, 0) is 0 Å². The summed E-state index contributed by atoms with van der Waals surface area (Å²) in [6, 6.07) is 2.07. The van der Waals surface area contributed by atoms with Crippen molar-refractivity contribution in [1.82, 2.24) is 0 Å². The predicted octanol–water partition coefficient (Wildman–Crippen LogP) is 2.15. The Labute approximate surface area is 88.1 Å². The molecule has 15 heavy (non-hydrogen) atoms. The maximum absolute atomic E-state index is 13.3. The highest BCUT2D eigenvalue weighted by atomic mass is 32.2. The van der Waals surface area contributed by atoms with Crippen molar-refractivity contribution in [2.45, 2.75) is 4.90 Å². The number of carboxylic acids is 1. The summed E-state index contributed by atoms with van der Waals surface area (Å²) in [4.78, 5) is 20.4. The van der Waals surface area contributed by atoms with Crippen LogP contribution in [0.15, 0.2) is 17.0 Å². The molecule has 0 atom stereocenters. The van der Waals surface area contributed by atoms with Crippen LogP contribution in [0.4, 0.5) is 10.1 Å². The summed E-state index contributed by atoms with van der Waals surface area (Å²) in [5, 5.41) is 19.0. The molecule has 0 aliphatic carbocycles. The van der Waals surface area contributed by atoms with Crippen LogP contribution in [0.5, 0.6) is 0 Å². The topological polar surface area (TPSA) is 80.4 Å². The van der Waals surface area contributed by atoms with Crippen molar-refractivity contribution in [2.24, 2.45) is 0 Å². The Morgan fingerprint density at radius 3 is 2.60 bits per heavy atom. The first-order chi connectivity index (χ1) is 6.97. The minimum Gasteiger partial charge on any atom is -0.478 e. The van der Waals surface area contributed by atoms with E-state index in [9.17, 15) is 19.3 Å². The SMILES string of the molecule is CSc1cc(C(=O)O)c(F)c([N+](=O)[O-])c1. The average molecular weight is 231 g/mol. The van der Waals surface area contributed by atoms with E-state index in [0.717, 1.165) is 23.9 Å². The number of hydrogen-bond acceptors (Lipinski definition) is 4. The normalized spacial score (nSPS) is 10.0. The third-order valence-electron chi connectivity index (χ3n) is 1.69. The van der Waals surface area contributed by atoms with Gasteiger partial charge < -0.3 is 5.11 Å². The molecule has 0 saturated carbocycles. The van der Waals surface area contributed by atoms with Crippen molar-refractivity contribution in [2.75, 3.05) is 6.26 Å². The van der Waals surface area contributed by atoms with Crippen LogP contribution in [0.25, 0.3) is 0 Å². The number of hydrogen-bond donors (Lipinski definition) is 1. The highest BCUT2D eigenvalue weighted by molar-refractivity contribution is 7.98. The number of carbonyl (C=O) groups is 1. The van der Waals surface area contributed by atoms with Crippen LogP contribution in [0.2, 0.25) is 0 Å². The van der Waals surface area contributed by atoms with Gasteiger partial charge in [0.05, 0.1) is 4.92 Å². The van der Waals surface area contributed by atoms with Gasteiger partial charge in [0.15, 0.2) is 0 Å². The fourth-order valence-corrected chi connectivity index (χ4v) is 1.45. The third-order valence-corrected chi connectivity index (χ3v) is 2.40. The fourth-order valence-electron chi connectivity index (χ4n) is 0.990. The van der Waals surface area contributed by atoms with Gasteiger partial charge in [0.1, 0.15) is 5.56 Å². The summed E-state index contributed by atoms with van der Waals surface area (Å²) < 4.78 is 13.3. The van der Waals surface area contributed by atoms with Crippen LogP contribution in [0, 0.1) is 15.9 Å². The Morgan fingerprint density at radius 2 is 2.20 bits per heavy atom. The smallest absolute Gasteiger partial charge is 0.338 e. The molecule has 0 fully saturated rings. The summed E-state index contributed by atoms with van der Waals surface area (Å²) in [7, 11) is 0. The van der Waals surface area contributed by atoms with Crippen molar-refractivity contribution in [3.8, 4) is 0 Å². The van der Waals surface area contributed by atoms with E-state index in [1.54, 1.807) is 6.26 Å². The van der Waals surface area contributed by atoms with Crippen LogP contribution in [-0.4, -0.2) is 22.3 Å². The van der Waals surface area contributed by atoms with Crippen molar-refractivity contribution in [1.29, 1.82) is 0 Å². The maximum Gasteiger partial charge on any atom is 0.338 e. The van der Waals surface area contributed by atoms with Crippen LogP contribution in [0.1, 0.15) is 10.4 Å². The molecule has 7 heteroatoms. The predicted molar refractivity (Wildman–Crippen MR) is 51.8 cm³/mol. The van der Waals surface area contributed by atoms with Crippen LogP contribution < -0.4 is 0 Å². The van der Waals surface area contributed by atoms with Crippen LogP contribution in [0.3, 0.4) is 0 Å². The van der Waals surface area contributed by atoms with E-state index in [4.69, 9.17) is 5.11 Å². The number of rotatable bonds is 3. The molecule has 0 radical (unpaired) electrons. The lowest BCUT2D eigenvalue weighted by Crippen LogP contribution is -2.04. The van der Waals surface area contributed by atoms with E-state index in [1.807, 2.05) is 0 Å². The van der Waals surface area contributed by atoms with Crippen LogP contribution >= 0.6 is 11.8 Å². The van der Waals surface area contributed by atoms with Gasteiger partial charge in [0.25, 0.3) is 0 Å². The standard InChI is InChI=1S/C8H6FNO4S/c1-15-4-2-5(8(11)12)7(9)6(3-4)10(13)14/h2-3H,1H3,(H,11,12). The van der Waals surface area contributed by atoms with Crippen molar-refractivity contribution < 1.29 is 19.2 Å². The molecule has 0 heterocycles. The number of halogens is 1. The van der Waals surface area contributed by atoms with Gasteiger partial charge in [-0.3, -0.25) is 10.1 Å². The first-order valence-corrected chi connectivity index (χ1v) is 4.95. The van der Waals surface area contributed by atoms with Gasteiger partial charge in [-0.1, -0.05) is 0 Å². The Hall–Kier alpha value is -1.63. The largest absolute Gasteiger partial charge is 0.478 e. The number of aromatic carboxylic acids is 1. The lowest BCUT2D eigenvalue weighted by atomic mass is 10.2. The molecule has 0 amide bonds. The van der Waals surface area contributed by atoms with E-state index < -0.39 is 28.0 Å². The first-order valence-electron chi connectivity index (χ1n) is 3.72. The quantitative estimate of drug-likeness (QED) is 0.489. The molecule has 1 rings (SSSR count). The summed E-state index contributed by atoms with van der Waals surface area (Å²) in [6.45, 7) is 0. The monoisotopic (exact) mass is 231 g/mol. The first kappa shape index (κ1) is 11.4. The Morgan fingerprint density at radius 1 is 1.60 bits per heavy atom. The molecular weight excluding hydrogens is 225 g/mol. The number of thioether (sulfide) groups is 1. The number of nitro benzene ring substituents is 1. The van der Waals surface area contributed by atoms with E-state index in [2.05, 4.69) is 0 Å². The van der Waals surface area contributed by atoms with Gasteiger partial charge in [0.2, 0.25) is 5.82 Å². The molecule has 0 bridgehead atoms. The number of benzene rings is 1. The second-order valence-corrected chi connectivity index (χ2v) is 3.45. The molecule has 0 saturated heterocycles. The number of nitro groups is 1. The zero-order valence-corrected chi connectivity index (χ0v) is 8.38. The minimum absolute atomic E-state index is 0.334. The van der Waals surface area contributed by atoms with E-state index in [-0.39, 0.29) is 0 Å². The lowest BCUT2D eigenvalue weighted by molar-refractivity contribution is -0.387. The zero-order chi connectivity index (χ0) is 11.6. The molecule has 0 aliphatic heterocycles. The molecule has 0 unspecified atom stereocenters. The molecule has 0 spiro atoms. The highest BCUT2D eigenvalue weighted by Gasteiger charge is 2.23. The summed E-state index contributed by atoms with van der Waals surface area (Å²) in [5.74, 6) is -2.84. The Bertz CT molecular complexity index is 400. The molecule has 1 N–H and O–H groups in total. The van der Waals surface area contributed by atoms with Gasteiger partial charge in [0, 0.05) is 11.0 Å². The molecule has 80 valence electrons. The summed E-state index contributed by atoms with van der Waals surface area (Å²) >= 11 is 1.11. The van der Waals surface area contributed by atoms with Crippen molar-refractivity contribution in [3.63, 3.8) is 0 Å². The second kappa shape index (κ2) is 4.26. The van der Waals surface area contributed by atoms with Gasteiger partial charge in [-0.05, 0) is 12.3 Å².